The minimum Gasteiger partial charge on any atom is -0.475 e. The van der Waals surface area contributed by atoms with Gasteiger partial charge in [0.25, 0.3) is 0 Å². The molecule has 44 heavy (non-hydrogen) atoms. The van der Waals surface area contributed by atoms with Crippen LogP contribution >= 0.6 is 0 Å². The summed E-state index contributed by atoms with van der Waals surface area (Å²) in [4.78, 5) is 48.9. The van der Waals surface area contributed by atoms with Gasteiger partial charge in [-0.15, -0.1) is 0 Å². The summed E-state index contributed by atoms with van der Waals surface area (Å²) >= 11 is 0. The number of nitrogens with zero attached hydrogens (tertiary/aromatic N) is 6. The number of para-hydroxylation sites is 1. The Morgan fingerprint density at radius 3 is 2.20 bits per heavy atom. The summed E-state index contributed by atoms with van der Waals surface area (Å²) in [5, 5.41) is 15.3. The molecule has 3 aromatic heterocycles. The number of hydrogen-bond donors (Lipinski definition) is 2. The number of hydrogen-bond acceptors (Lipinski definition) is 7. The normalized spacial score (nSPS) is 18.0. The number of rotatable bonds is 3. The van der Waals surface area contributed by atoms with E-state index in [2.05, 4.69) is 29.1 Å². The number of carboxylic acid groups (broad SMARTS) is 2. The van der Waals surface area contributed by atoms with Crippen LogP contribution < -0.4 is 4.90 Å². The standard InChI is InChI=1S/C23H22N6O.2C2HF3O2/c1-15-6-7-21-25-17(13-27(21)12-15)14-29-19-8-9-28(20(19)10-22(29)30)23-24-11-16-4-2-3-5-18(16)26-23;2*3-2(4,5)1(6)7/h2-7,11-13,19-20H,8-10,14H2,1H3;2*(H,6,7)/t19-,20-;;/m0../s1. The number of carboxylic acids is 2. The van der Waals surface area contributed by atoms with Crippen LogP contribution in [0.25, 0.3) is 16.6 Å². The highest BCUT2D eigenvalue weighted by atomic mass is 19.4. The summed E-state index contributed by atoms with van der Waals surface area (Å²) in [5.41, 5.74) is 3.96. The number of anilines is 1. The van der Waals surface area contributed by atoms with Gasteiger partial charge in [-0.05, 0) is 31.0 Å². The highest BCUT2D eigenvalue weighted by Gasteiger charge is 2.47. The Bertz CT molecular complexity index is 1670. The van der Waals surface area contributed by atoms with Crippen molar-refractivity contribution in [2.75, 3.05) is 11.4 Å². The predicted octanol–water partition coefficient (Wildman–Crippen LogP) is 4.23. The van der Waals surface area contributed by atoms with E-state index in [-0.39, 0.29) is 18.0 Å². The Morgan fingerprint density at radius 2 is 1.57 bits per heavy atom. The van der Waals surface area contributed by atoms with E-state index < -0.39 is 24.3 Å². The first-order valence-corrected chi connectivity index (χ1v) is 12.9. The summed E-state index contributed by atoms with van der Waals surface area (Å²) < 4.78 is 65.5. The van der Waals surface area contributed by atoms with Crippen molar-refractivity contribution >= 4 is 40.3 Å². The maximum Gasteiger partial charge on any atom is 0.490 e. The van der Waals surface area contributed by atoms with Crippen molar-refractivity contribution in [3.63, 3.8) is 0 Å². The van der Waals surface area contributed by atoms with E-state index in [4.69, 9.17) is 29.8 Å². The average Bonchev–Trinajstić information content (AvgIpc) is 3.62. The summed E-state index contributed by atoms with van der Waals surface area (Å²) in [6, 6.07) is 12.4. The van der Waals surface area contributed by atoms with Crippen molar-refractivity contribution < 1.29 is 50.9 Å². The average molecular weight is 627 g/mol. The van der Waals surface area contributed by atoms with Crippen molar-refractivity contribution in [1.29, 1.82) is 0 Å². The smallest absolute Gasteiger partial charge is 0.475 e. The molecule has 2 aliphatic rings. The molecule has 0 unspecified atom stereocenters. The third-order valence-electron chi connectivity index (χ3n) is 6.81. The monoisotopic (exact) mass is 626 g/mol. The van der Waals surface area contributed by atoms with Gasteiger partial charge in [-0.1, -0.05) is 24.3 Å². The van der Waals surface area contributed by atoms with Gasteiger partial charge in [0.1, 0.15) is 5.65 Å². The van der Waals surface area contributed by atoms with Crippen LogP contribution in [0.4, 0.5) is 32.3 Å². The molecule has 1 aromatic carbocycles. The summed E-state index contributed by atoms with van der Waals surface area (Å²) in [5.74, 6) is -4.61. The number of halogens is 6. The third-order valence-corrected chi connectivity index (χ3v) is 6.81. The fourth-order valence-electron chi connectivity index (χ4n) is 4.89. The number of aromatic nitrogens is 4. The highest BCUT2D eigenvalue weighted by Crippen LogP contribution is 2.35. The lowest BCUT2D eigenvalue weighted by Crippen LogP contribution is -2.37. The lowest BCUT2D eigenvalue weighted by Gasteiger charge is -2.25. The van der Waals surface area contributed by atoms with E-state index in [0.29, 0.717) is 13.0 Å². The third kappa shape index (κ3) is 7.33. The molecule has 0 aliphatic carbocycles. The Hall–Kier alpha value is -4.96. The molecule has 1 amide bonds. The van der Waals surface area contributed by atoms with Gasteiger partial charge in [0.2, 0.25) is 11.9 Å². The largest absolute Gasteiger partial charge is 0.490 e. The van der Waals surface area contributed by atoms with Gasteiger partial charge in [0.05, 0.1) is 29.8 Å². The topological polar surface area (TPSA) is 141 Å². The van der Waals surface area contributed by atoms with Crippen molar-refractivity contribution in [1.82, 2.24) is 24.3 Å². The van der Waals surface area contributed by atoms with E-state index in [1.807, 2.05) is 52.0 Å². The van der Waals surface area contributed by atoms with Crippen LogP contribution in [0.2, 0.25) is 0 Å². The van der Waals surface area contributed by atoms with E-state index in [1.54, 1.807) is 0 Å². The van der Waals surface area contributed by atoms with E-state index >= 15 is 0 Å². The maximum absolute atomic E-state index is 12.9. The molecule has 0 saturated carbocycles. The van der Waals surface area contributed by atoms with Gasteiger partial charge in [-0.3, -0.25) is 4.79 Å². The molecule has 0 spiro atoms. The quantitative estimate of drug-likeness (QED) is 0.320. The molecule has 2 atom stereocenters. The summed E-state index contributed by atoms with van der Waals surface area (Å²) in [6.45, 7) is 3.48. The van der Waals surface area contributed by atoms with Gasteiger partial charge in [0.15, 0.2) is 0 Å². The van der Waals surface area contributed by atoms with Crippen molar-refractivity contribution in [2.24, 2.45) is 0 Å². The van der Waals surface area contributed by atoms with E-state index in [9.17, 15) is 31.1 Å². The number of aryl methyl sites for hydroxylation is 1. The fourth-order valence-corrected chi connectivity index (χ4v) is 4.89. The summed E-state index contributed by atoms with van der Waals surface area (Å²) in [7, 11) is 0. The molecular weight excluding hydrogens is 602 g/mol. The number of likely N-dealkylation sites (tertiary alicyclic amines) is 1. The molecule has 2 N–H and O–H groups in total. The van der Waals surface area contributed by atoms with Gasteiger partial charge in [-0.25, -0.2) is 24.5 Å². The van der Waals surface area contributed by atoms with Crippen LogP contribution in [0.1, 0.15) is 24.1 Å². The number of aliphatic carboxylic acids is 2. The molecule has 0 radical (unpaired) electrons. The first kappa shape index (κ1) is 32.0. The Morgan fingerprint density at radius 1 is 0.932 bits per heavy atom. The lowest BCUT2D eigenvalue weighted by atomic mass is 10.1. The number of amides is 1. The lowest BCUT2D eigenvalue weighted by molar-refractivity contribution is -0.193. The molecule has 234 valence electrons. The number of alkyl halides is 6. The fraction of sp³-hybridized carbons (Fsp3) is 0.333. The second-order valence-electron chi connectivity index (χ2n) is 9.88. The number of carbonyl (C=O) groups is 3. The van der Waals surface area contributed by atoms with Crippen LogP contribution in [0.5, 0.6) is 0 Å². The molecule has 0 bridgehead atoms. The van der Waals surface area contributed by atoms with Crippen molar-refractivity contribution in [2.45, 2.75) is 50.7 Å². The van der Waals surface area contributed by atoms with Crippen molar-refractivity contribution in [3.05, 3.63) is 66.2 Å². The first-order chi connectivity index (χ1) is 20.5. The number of imidazole rings is 1. The molecule has 6 rings (SSSR count). The Balaban J connectivity index is 0.000000265. The van der Waals surface area contributed by atoms with Gasteiger partial charge < -0.3 is 24.4 Å². The summed E-state index contributed by atoms with van der Waals surface area (Å²) in [6.07, 6.45) is -2.76. The van der Waals surface area contributed by atoms with E-state index in [1.165, 1.54) is 5.56 Å². The minimum absolute atomic E-state index is 0.123. The second-order valence-corrected chi connectivity index (χ2v) is 9.88. The number of pyridine rings is 1. The zero-order chi connectivity index (χ0) is 32.4. The SMILES string of the molecule is Cc1ccc2nc(CN3C(=O)C[C@H]4[C@@H]3CCN4c3ncc4ccccc4n3)cn2c1.O=C(O)C(F)(F)F.O=C(O)C(F)(F)F. The molecular formula is C27H24F6N6O5. The van der Waals surface area contributed by atoms with Crippen molar-refractivity contribution in [3.8, 4) is 0 Å². The van der Waals surface area contributed by atoms with Crippen LogP contribution in [0.3, 0.4) is 0 Å². The van der Waals surface area contributed by atoms with Gasteiger partial charge in [0, 0.05) is 36.9 Å². The molecule has 17 heteroatoms. The van der Waals surface area contributed by atoms with Crippen LogP contribution in [-0.4, -0.2) is 83.3 Å². The number of benzene rings is 1. The second kappa shape index (κ2) is 12.3. The van der Waals surface area contributed by atoms with Gasteiger partial charge in [-0.2, -0.15) is 26.3 Å². The van der Waals surface area contributed by atoms with E-state index in [0.717, 1.165) is 41.2 Å². The van der Waals surface area contributed by atoms with Gasteiger partial charge >= 0.3 is 24.3 Å². The first-order valence-electron chi connectivity index (χ1n) is 12.9. The predicted molar refractivity (Wildman–Crippen MR) is 142 cm³/mol. The molecule has 2 fully saturated rings. The zero-order valence-corrected chi connectivity index (χ0v) is 22.7. The Labute approximate surface area is 244 Å². The van der Waals surface area contributed by atoms with Crippen LogP contribution in [0, 0.1) is 6.92 Å². The Kier molecular flexibility index (Phi) is 8.96. The van der Waals surface area contributed by atoms with Crippen LogP contribution in [-0.2, 0) is 20.9 Å². The molecule has 4 aromatic rings. The zero-order valence-electron chi connectivity index (χ0n) is 22.7. The minimum atomic E-state index is -5.08. The van der Waals surface area contributed by atoms with Crippen LogP contribution in [0.15, 0.2) is 55.0 Å². The number of carbonyl (C=O) groups excluding carboxylic acids is 1. The molecule has 2 aliphatic heterocycles. The maximum atomic E-state index is 12.9. The molecule has 5 heterocycles. The molecule has 2 saturated heterocycles. The highest BCUT2D eigenvalue weighted by molar-refractivity contribution is 5.82. The number of fused-ring (bicyclic) bond motifs is 3. The molecule has 11 nitrogen and oxygen atoms in total.